The van der Waals surface area contributed by atoms with Crippen LogP contribution in [0.5, 0.6) is 23.0 Å². The van der Waals surface area contributed by atoms with E-state index in [9.17, 15) is 28.1 Å². The highest BCUT2D eigenvalue weighted by Crippen LogP contribution is 2.47. The van der Waals surface area contributed by atoms with Gasteiger partial charge in [0.25, 0.3) is 11.6 Å². The first-order chi connectivity index (χ1) is 18.5. The maximum Gasteiger partial charge on any atom is 0.410 e. The van der Waals surface area contributed by atoms with Gasteiger partial charge in [-0.05, 0) is 17.7 Å². The summed E-state index contributed by atoms with van der Waals surface area (Å²) in [5.41, 5.74) is -0.150. The number of amides is 1. The van der Waals surface area contributed by atoms with Crippen molar-refractivity contribution in [1.29, 1.82) is 0 Å². The lowest BCUT2D eigenvalue weighted by atomic mass is 9.95. The van der Waals surface area contributed by atoms with E-state index in [-0.39, 0.29) is 45.8 Å². The van der Waals surface area contributed by atoms with E-state index in [2.05, 4.69) is 15.7 Å². The second-order valence-electron chi connectivity index (χ2n) is 8.43. The lowest BCUT2D eigenvalue weighted by molar-refractivity contribution is -0.384. The van der Waals surface area contributed by atoms with E-state index in [0.29, 0.717) is 10.2 Å². The van der Waals surface area contributed by atoms with Gasteiger partial charge in [-0.3, -0.25) is 14.9 Å². The van der Waals surface area contributed by atoms with E-state index in [4.69, 9.17) is 18.9 Å². The third kappa shape index (κ3) is 5.32. The molecule has 0 saturated heterocycles. The Morgan fingerprint density at radius 1 is 1.08 bits per heavy atom. The number of methoxy groups -OCH3 is 4. The molecule has 1 aliphatic rings. The predicted molar refractivity (Wildman–Crippen MR) is 132 cm³/mol. The number of fused-ring (bicyclic) bond motifs is 1. The number of nitrogens with zero attached hydrogens (tertiary/aromatic N) is 3. The maximum atomic E-state index is 14.1. The standard InChI is InChI=1S/C24H24F3N5O7/c1-36-15-8-13(7-14(9-15)32(34)35)29-23(33)16-11-28-31-20(24(25,26)27)10-17(30-22(16)31)12-5-18(37-2)21(39-4)19(6-12)38-3/h5-9,11,17,20,30H,10H2,1-4H3,(H,29,33)/t17-,20-/m0/s1. The fraction of sp³-hybridized carbons (Fsp3) is 0.333. The van der Waals surface area contributed by atoms with E-state index in [1.807, 2.05) is 0 Å². The Hall–Kier alpha value is -4.69. The van der Waals surface area contributed by atoms with Gasteiger partial charge in [-0.1, -0.05) is 0 Å². The molecule has 0 unspecified atom stereocenters. The summed E-state index contributed by atoms with van der Waals surface area (Å²) in [4.78, 5) is 23.7. The van der Waals surface area contributed by atoms with Gasteiger partial charge in [-0.2, -0.15) is 18.3 Å². The molecule has 39 heavy (non-hydrogen) atoms. The summed E-state index contributed by atoms with van der Waals surface area (Å²) in [6.07, 6.45) is -4.13. The van der Waals surface area contributed by atoms with Crippen molar-refractivity contribution in [3.05, 3.63) is 57.8 Å². The zero-order valence-corrected chi connectivity index (χ0v) is 21.2. The van der Waals surface area contributed by atoms with Crippen LogP contribution in [0, 0.1) is 10.1 Å². The van der Waals surface area contributed by atoms with Crippen LogP contribution in [0.2, 0.25) is 0 Å². The number of hydrogen-bond acceptors (Lipinski definition) is 9. The molecule has 12 nitrogen and oxygen atoms in total. The quantitative estimate of drug-likeness (QED) is 0.300. The van der Waals surface area contributed by atoms with Gasteiger partial charge >= 0.3 is 6.18 Å². The van der Waals surface area contributed by atoms with Crippen molar-refractivity contribution in [3.63, 3.8) is 0 Å². The van der Waals surface area contributed by atoms with Crippen molar-refractivity contribution in [2.24, 2.45) is 0 Å². The average molecular weight is 551 g/mol. The first-order valence-corrected chi connectivity index (χ1v) is 11.4. The van der Waals surface area contributed by atoms with Crippen LogP contribution in [-0.2, 0) is 0 Å². The lowest BCUT2D eigenvalue weighted by Crippen LogP contribution is -2.36. The van der Waals surface area contributed by atoms with Crippen molar-refractivity contribution in [2.75, 3.05) is 39.1 Å². The number of alkyl halides is 3. The first kappa shape index (κ1) is 27.3. The summed E-state index contributed by atoms with van der Waals surface area (Å²) in [7, 11) is 5.46. The summed E-state index contributed by atoms with van der Waals surface area (Å²) in [5.74, 6) is -0.156. The van der Waals surface area contributed by atoms with Gasteiger partial charge in [0, 0.05) is 18.6 Å². The molecule has 208 valence electrons. The third-order valence-corrected chi connectivity index (χ3v) is 6.17. The van der Waals surface area contributed by atoms with Crippen LogP contribution in [0.1, 0.15) is 34.4 Å². The van der Waals surface area contributed by atoms with E-state index in [0.717, 1.165) is 18.3 Å². The fourth-order valence-electron chi connectivity index (χ4n) is 4.33. The van der Waals surface area contributed by atoms with Crippen LogP contribution in [0.25, 0.3) is 0 Å². The number of ether oxygens (including phenoxy) is 4. The summed E-state index contributed by atoms with van der Waals surface area (Å²) >= 11 is 0. The monoisotopic (exact) mass is 551 g/mol. The maximum absolute atomic E-state index is 14.1. The molecule has 0 fully saturated rings. The molecule has 1 aromatic heterocycles. The molecule has 0 bridgehead atoms. The number of benzene rings is 2. The Labute approximate surface area is 219 Å². The fourth-order valence-corrected chi connectivity index (χ4v) is 4.33. The van der Waals surface area contributed by atoms with Crippen molar-refractivity contribution < 1.29 is 41.8 Å². The Morgan fingerprint density at radius 3 is 2.28 bits per heavy atom. The molecule has 2 N–H and O–H groups in total. The second-order valence-corrected chi connectivity index (χ2v) is 8.43. The molecule has 0 saturated carbocycles. The molecule has 15 heteroatoms. The van der Waals surface area contributed by atoms with Gasteiger partial charge in [0.2, 0.25) is 5.75 Å². The second kappa shape index (κ2) is 10.6. The number of carbonyl (C=O) groups excluding carboxylic acids is 1. The third-order valence-electron chi connectivity index (χ3n) is 6.17. The minimum Gasteiger partial charge on any atom is -0.496 e. The Morgan fingerprint density at radius 2 is 1.74 bits per heavy atom. The number of rotatable bonds is 8. The number of halogens is 3. The van der Waals surface area contributed by atoms with Gasteiger partial charge < -0.3 is 29.6 Å². The molecule has 3 aromatic rings. The normalized spacial score (nSPS) is 16.5. The number of nitrogens with one attached hydrogen (secondary N) is 2. The van der Waals surface area contributed by atoms with Crippen molar-refractivity contribution in [3.8, 4) is 23.0 Å². The van der Waals surface area contributed by atoms with Gasteiger partial charge in [-0.15, -0.1) is 0 Å². The predicted octanol–water partition coefficient (Wildman–Crippen LogP) is 4.74. The molecule has 0 radical (unpaired) electrons. The van der Waals surface area contributed by atoms with Crippen LogP contribution < -0.4 is 29.6 Å². The topological polar surface area (TPSA) is 139 Å². The number of anilines is 2. The molecule has 1 aliphatic heterocycles. The van der Waals surface area contributed by atoms with Crippen molar-refractivity contribution in [2.45, 2.75) is 24.7 Å². The summed E-state index contributed by atoms with van der Waals surface area (Å²) in [6.45, 7) is 0. The smallest absolute Gasteiger partial charge is 0.410 e. The van der Waals surface area contributed by atoms with Gasteiger partial charge in [0.05, 0.1) is 57.4 Å². The van der Waals surface area contributed by atoms with Gasteiger partial charge in [0.1, 0.15) is 17.1 Å². The highest BCUT2D eigenvalue weighted by atomic mass is 19.4. The summed E-state index contributed by atoms with van der Waals surface area (Å²) in [5, 5.41) is 20.5. The van der Waals surface area contributed by atoms with E-state index >= 15 is 0 Å². The van der Waals surface area contributed by atoms with E-state index < -0.39 is 35.5 Å². The number of nitro groups is 1. The van der Waals surface area contributed by atoms with Gasteiger partial charge in [0.15, 0.2) is 17.5 Å². The Kier molecular flexibility index (Phi) is 7.42. The largest absolute Gasteiger partial charge is 0.496 e. The van der Waals surface area contributed by atoms with Crippen LogP contribution in [0.3, 0.4) is 0 Å². The molecule has 4 rings (SSSR count). The average Bonchev–Trinajstić information content (AvgIpc) is 3.34. The van der Waals surface area contributed by atoms with E-state index in [1.54, 1.807) is 0 Å². The molecule has 1 amide bonds. The SMILES string of the molecule is COc1cc(NC(=O)c2cnn3c2N[C@H](c2cc(OC)c(OC)c(OC)c2)C[C@H]3C(F)(F)F)cc([N+](=O)[O-])c1. The highest BCUT2D eigenvalue weighted by molar-refractivity contribution is 6.07. The Bertz CT molecular complexity index is 1380. The number of carbonyl (C=O) groups is 1. The van der Waals surface area contributed by atoms with Crippen LogP contribution in [0.15, 0.2) is 36.5 Å². The molecule has 2 atom stereocenters. The molecule has 2 aromatic carbocycles. The molecule has 0 aliphatic carbocycles. The highest BCUT2D eigenvalue weighted by Gasteiger charge is 2.47. The van der Waals surface area contributed by atoms with Crippen LogP contribution >= 0.6 is 0 Å². The molecular weight excluding hydrogens is 527 g/mol. The zero-order valence-electron chi connectivity index (χ0n) is 21.2. The van der Waals surface area contributed by atoms with Gasteiger partial charge in [-0.25, -0.2) is 4.68 Å². The lowest BCUT2D eigenvalue weighted by Gasteiger charge is -2.34. The van der Waals surface area contributed by atoms with Crippen LogP contribution in [0.4, 0.5) is 30.4 Å². The summed E-state index contributed by atoms with van der Waals surface area (Å²) < 4.78 is 64.1. The Balaban J connectivity index is 1.74. The molecule has 0 spiro atoms. The van der Waals surface area contributed by atoms with Crippen LogP contribution in [-0.4, -0.2) is 55.2 Å². The number of non-ortho nitro benzene ring substituents is 1. The van der Waals surface area contributed by atoms with Crippen molar-refractivity contribution in [1.82, 2.24) is 9.78 Å². The number of aromatic nitrogens is 2. The minimum atomic E-state index is -4.69. The molecular formula is C24H24F3N5O7. The number of hydrogen-bond donors (Lipinski definition) is 2. The number of nitro benzene ring substituents is 1. The van der Waals surface area contributed by atoms with E-state index in [1.165, 1.54) is 46.6 Å². The zero-order chi connectivity index (χ0) is 28.5. The molecule has 2 heterocycles. The van der Waals surface area contributed by atoms with Crippen molar-refractivity contribution >= 4 is 23.1 Å². The first-order valence-electron chi connectivity index (χ1n) is 11.4. The minimum absolute atomic E-state index is 0.00959. The summed E-state index contributed by atoms with van der Waals surface area (Å²) in [6, 6.07) is 3.65.